The summed E-state index contributed by atoms with van der Waals surface area (Å²) in [6.07, 6.45) is 6.45. The quantitative estimate of drug-likeness (QED) is 0.756. The summed E-state index contributed by atoms with van der Waals surface area (Å²) in [5.41, 5.74) is 1.00. The molecule has 0 bridgehead atoms. The van der Waals surface area contributed by atoms with E-state index in [-0.39, 0.29) is 18.0 Å². The molecule has 25 heavy (non-hydrogen) atoms. The number of nitrogens with zero attached hydrogens (tertiary/aromatic N) is 4. The number of anilines is 1. The van der Waals surface area contributed by atoms with Gasteiger partial charge in [-0.2, -0.15) is 0 Å². The zero-order valence-corrected chi connectivity index (χ0v) is 15.4. The second-order valence-electron chi connectivity index (χ2n) is 5.97. The molecule has 0 atom stereocenters. The Labute approximate surface area is 151 Å². The minimum absolute atomic E-state index is 0.0760. The molecule has 9 heteroatoms. The Hall–Kier alpha value is -2.13. The Kier molecular flexibility index (Phi) is 4.34. The van der Waals surface area contributed by atoms with Crippen LogP contribution in [0.4, 0.5) is 5.13 Å². The first-order valence-corrected chi connectivity index (χ1v) is 9.91. The second kappa shape index (κ2) is 6.64. The molecule has 0 saturated heterocycles. The van der Waals surface area contributed by atoms with Crippen LogP contribution in [0.15, 0.2) is 11.1 Å². The fraction of sp³-hybridized carbons (Fsp3) is 0.438. The van der Waals surface area contributed by atoms with Crippen molar-refractivity contribution in [3.8, 4) is 0 Å². The Bertz CT molecular complexity index is 1000. The smallest absolute Gasteiger partial charge is 0.262 e. The van der Waals surface area contributed by atoms with Crippen LogP contribution < -0.4 is 10.9 Å². The van der Waals surface area contributed by atoms with Gasteiger partial charge in [-0.25, -0.2) is 4.98 Å². The molecule has 0 radical (unpaired) electrons. The molecule has 0 spiro atoms. The van der Waals surface area contributed by atoms with Crippen LogP contribution in [-0.4, -0.2) is 25.7 Å². The number of hydrogen-bond donors (Lipinski definition) is 1. The molecular weight excluding hydrogens is 358 g/mol. The predicted octanol–water partition coefficient (Wildman–Crippen LogP) is 2.39. The fourth-order valence-electron chi connectivity index (χ4n) is 3.05. The molecule has 3 aromatic heterocycles. The van der Waals surface area contributed by atoms with E-state index in [4.69, 9.17) is 0 Å². The van der Waals surface area contributed by atoms with Crippen molar-refractivity contribution in [1.29, 1.82) is 0 Å². The molecule has 7 nitrogen and oxygen atoms in total. The van der Waals surface area contributed by atoms with Crippen molar-refractivity contribution in [2.75, 3.05) is 5.32 Å². The van der Waals surface area contributed by atoms with E-state index in [1.807, 2.05) is 6.92 Å². The summed E-state index contributed by atoms with van der Waals surface area (Å²) < 4.78 is 1.38. The number of fused-ring (bicyclic) bond motifs is 3. The van der Waals surface area contributed by atoms with Crippen LogP contribution in [0, 0.1) is 0 Å². The summed E-state index contributed by atoms with van der Waals surface area (Å²) in [6.45, 7) is 1.90. The van der Waals surface area contributed by atoms with Gasteiger partial charge in [0.05, 0.1) is 11.7 Å². The summed E-state index contributed by atoms with van der Waals surface area (Å²) in [7, 11) is 0. The Morgan fingerprint density at radius 2 is 2.12 bits per heavy atom. The molecule has 1 N–H and O–H groups in total. The number of hydrogen-bond acceptors (Lipinski definition) is 7. The van der Waals surface area contributed by atoms with E-state index < -0.39 is 0 Å². The second-order valence-corrected chi connectivity index (χ2v) is 8.12. The highest BCUT2D eigenvalue weighted by Crippen LogP contribution is 2.33. The van der Waals surface area contributed by atoms with Crippen molar-refractivity contribution in [2.45, 2.75) is 45.6 Å². The van der Waals surface area contributed by atoms with Gasteiger partial charge in [0.25, 0.3) is 5.56 Å². The molecule has 0 fully saturated rings. The van der Waals surface area contributed by atoms with Gasteiger partial charge in [-0.15, -0.1) is 21.5 Å². The number of carbonyl (C=O) groups is 1. The van der Waals surface area contributed by atoms with Crippen LogP contribution in [-0.2, 0) is 30.6 Å². The highest BCUT2D eigenvalue weighted by molar-refractivity contribution is 7.18. The molecule has 0 aliphatic heterocycles. The number of nitrogens with one attached hydrogen (secondary N) is 1. The van der Waals surface area contributed by atoms with Gasteiger partial charge in [0.1, 0.15) is 16.4 Å². The lowest BCUT2D eigenvalue weighted by molar-refractivity contribution is -0.116. The topological polar surface area (TPSA) is 89.8 Å². The molecule has 3 aromatic rings. The Morgan fingerprint density at radius 3 is 2.92 bits per heavy atom. The van der Waals surface area contributed by atoms with E-state index in [1.54, 1.807) is 11.3 Å². The summed E-state index contributed by atoms with van der Waals surface area (Å²) in [4.78, 5) is 31.5. The maximum Gasteiger partial charge on any atom is 0.262 e. The van der Waals surface area contributed by atoms with Crippen LogP contribution >= 0.6 is 22.7 Å². The number of thiophene rings is 1. The molecule has 0 unspecified atom stereocenters. The molecule has 1 amide bonds. The van der Waals surface area contributed by atoms with Gasteiger partial charge in [0, 0.05) is 4.88 Å². The van der Waals surface area contributed by atoms with Crippen molar-refractivity contribution >= 4 is 43.9 Å². The van der Waals surface area contributed by atoms with Gasteiger partial charge in [-0.05, 0) is 37.7 Å². The molecule has 0 aromatic carbocycles. The van der Waals surface area contributed by atoms with Crippen molar-refractivity contribution in [1.82, 2.24) is 19.7 Å². The van der Waals surface area contributed by atoms with Gasteiger partial charge in [-0.1, -0.05) is 18.3 Å². The third kappa shape index (κ3) is 3.09. The average Bonchev–Trinajstić information content (AvgIpc) is 3.21. The first kappa shape index (κ1) is 16.3. The third-order valence-electron chi connectivity index (χ3n) is 4.27. The molecule has 1 aliphatic carbocycles. The number of carbonyl (C=O) groups excluding carboxylic acids is 1. The number of aromatic nitrogens is 4. The standard InChI is InChI=1S/C16H17N5O2S2/c1-2-12-19-20-16(25-12)18-11(22)7-21-8-17-14-13(15(21)23)9-5-3-4-6-10(9)24-14/h8H,2-7H2,1H3,(H,18,20,22). The van der Waals surface area contributed by atoms with E-state index >= 15 is 0 Å². The summed E-state index contributed by atoms with van der Waals surface area (Å²) in [6, 6.07) is 0. The lowest BCUT2D eigenvalue weighted by atomic mass is 9.97. The average molecular weight is 375 g/mol. The van der Waals surface area contributed by atoms with Crippen LogP contribution in [0.25, 0.3) is 10.2 Å². The summed E-state index contributed by atoms with van der Waals surface area (Å²) >= 11 is 2.95. The van der Waals surface area contributed by atoms with Crippen molar-refractivity contribution in [2.24, 2.45) is 0 Å². The lowest BCUT2D eigenvalue weighted by Crippen LogP contribution is -2.28. The largest absolute Gasteiger partial charge is 0.299 e. The molecular formula is C16H17N5O2S2. The molecule has 0 saturated carbocycles. The molecule has 130 valence electrons. The van der Waals surface area contributed by atoms with E-state index in [2.05, 4.69) is 20.5 Å². The van der Waals surface area contributed by atoms with Crippen LogP contribution in [0.1, 0.15) is 35.2 Å². The van der Waals surface area contributed by atoms with Crippen LogP contribution in [0.2, 0.25) is 0 Å². The minimum Gasteiger partial charge on any atom is -0.299 e. The Morgan fingerprint density at radius 1 is 1.28 bits per heavy atom. The summed E-state index contributed by atoms with van der Waals surface area (Å²) in [5, 5.41) is 12.6. The monoisotopic (exact) mass is 375 g/mol. The van der Waals surface area contributed by atoms with Crippen LogP contribution in [0.5, 0.6) is 0 Å². The van der Waals surface area contributed by atoms with Gasteiger partial charge < -0.3 is 0 Å². The van der Waals surface area contributed by atoms with Gasteiger partial charge in [0.2, 0.25) is 11.0 Å². The van der Waals surface area contributed by atoms with Crippen molar-refractivity contribution in [3.63, 3.8) is 0 Å². The van der Waals surface area contributed by atoms with Crippen LogP contribution in [0.3, 0.4) is 0 Å². The first-order chi connectivity index (χ1) is 12.2. The highest BCUT2D eigenvalue weighted by atomic mass is 32.1. The maximum atomic E-state index is 12.8. The number of amides is 1. The van der Waals surface area contributed by atoms with Gasteiger partial charge >= 0.3 is 0 Å². The Balaban J connectivity index is 1.60. The predicted molar refractivity (Wildman–Crippen MR) is 98.4 cm³/mol. The zero-order chi connectivity index (χ0) is 17.4. The third-order valence-corrected chi connectivity index (χ3v) is 6.45. The number of rotatable bonds is 4. The lowest BCUT2D eigenvalue weighted by Gasteiger charge is -2.10. The minimum atomic E-state index is -0.300. The van der Waals surface area contributed by atoms with E-state index in [9.17, 15) is 9.59 Å². The van der Waals surface area contributed by atoms with E-state index in [1.165, 1.54) is 27.1 Å². The fourth-order valence-corrected chi connectivity index (χ4v) is 4.97. The van der Waals surface area contributed by atoms with Gasteiger partial charge in [0.15, 0.2) is 0 Å². The van der Waals surface area contributed by atoms with Crippen molar-refractivity contribution < 1.29 is 4.79 Å². The summed E-state index contributed by atoms with van der Waals surface area (Å²) in [5.74, 6) is -0.300. The van der Waals surface area contributed by atoms with Gasteiger partial charge in [-0.3, -0.25) is 19.5 Å². The van der Waals surface area contributed by atoms with E-state index in [0.717, 1.165) is 47.5 Å². The highest BCUT2D eigenvalue weighted by Gasteiger charge is 2.20. The zero-order valence-electron chi connectivity index (χ0n) is 13.7. The first-order valence-electron chi connectivity index (χ1n) is 8.27. The molecule has 3 heterocycles. The number of aryl methyl sites for hydroxylation is 3. The normalized spacial score (nSPS) is 13.8. The maximum absolute atomic E-state index is 12.8. The SMILES string of the molecule is CCc1nnc(NC(=O)Cn2cnc3sc4c(c3c2=O)CCCC4)s1. The molecule has 4 rings (SSSR count). The van der Waals surface area contributed by atoms with E-state index in [0.29, 0.717) is 10.5 Å². The molecule has 1 aliphatic rings. The van der Waals surface area contributed by atoms with Crippen molar-refractivity contribution in [3.05, 3.63) is 32.1 Å².